The first kappa shape index (κ1) is 27.0. The molecule has 8 aromatic rings. The van der Waals surface area contributed by atoms with Crippen molar-refractivity contribution < 1.29 is 4.74 Å². The molecule has 220 valence electrons. The predicted molar refractivity (Wildman–Crippen MR) is 190 cm³/mol. The lowest BCUT2D eigenvalue weighted by Gasteiger charge is -2.23. The van der Waals surface area contributed by atoms with Gasteiger partial charge in [0.25, 0.3) is 0 Å². The fourth-order valence-corrected chi connectivity index (χ4v) is 6.43. The van der Waals surface area contributed by atoms with E-state index in [0.717, 1.165) is 50.3 Å². The van der Waals surface area contributed by atoms with Crippen LogP contribution < -0.4 is 4.74 Å². The van der Waals surface area contributed by atoms with Crippen molar-refractivity contribution in [3.63, 3.8) is 0 Å². The number of ether oxygens (including phenoxy) is 1. The fraction of sp³-hybridized carbons (Fsp3) is 0. The van der Waals surface area contributed by atoms with Crippen molar-refractivity contribution in [3.8, 4) is 79.0 Å². The molecule has 0 saturated heterocycles. The monoisotopic (exact) mass is 601 g/mol. The van der Waals surface area contributed by atoms with Crippen molar-refractivity contribution in [2.45, 2.75) is 0 Å². The normalized spacial score (nSPS) is 11.6. The quantitative estimate of drug-likeness (QED) is 0.197. The number of fused-ring (bicyclic) bond motifs is 2. The van der Waals surface area contributed by atoms with Gasteiger partial charge in [0, 0.05) is 27.6 Å². The van der Waals surface area contributed by atoms with E-state index in [4.69, 9.17) is 19.7 Å². The van der Waals surface area contributed by atoms with Gasteiger partial charge in [-0.25, -0.2) is 15.0 Å². The van der Waals surface area contributed by atoms with Crippen molar-refractivity contribution in [2.24, 2.45) is 0 Å². The molecule has 0 saturated carbocycles. The maximum absolute atomic E-state index is 6.48. The fourth-order valence-electron chi connectivity index (χ4n) is 6.43. The zero-order chi connectivity index (χ0) is 31.2. The zero-order valence-corrected chi connectivity index (χ0v) is 25.3. The average Bonchev–Trinajstić information content (AvgIpc) is 3.16. The summed E-state index contributed by atoms with van der Waals surface area (Å²) < 4.78 is 6.48. The minimum absolute atomic E-state index is 0.639. The second-order valence-electron chi connectivity index (χ2n) is 11.6. The number of aromatic nitrogens is 3. The summed E-state index contributed by atoms with van der Waals surface area (Å²) in [6, 6.07) is 56.3. The third-order valence-corrected chi connectivity index (χ3v) is 8.75. The molecular formula is C43H27N3O. The highest BCUT2D eigenvalue weighted by Crippen LogP contribution is 2.49. The summed E-state index contributed by atoms with van der Waals surface area (Å²) in [6.07, 6.45) is 0. The van der Waals surface area contributed by atoms with Gasteiger partial charge < -0.3 is 4.74 Å². The van der Waals surface area contributed by atoms with Crippen LogP contribution in [0.5, 0.6) is 11.5 Å². The zero-order valence-electron chi connectivity index (χ0n) is 25.3. The van der Waals surface area contributed by atoms with Gasteiger partial charge in [-0.2, -0.15) is 0 Å². The first-order valence-corrected chi connectivity index (χ1v) is 15.7. The Hall–Kier alpha value is -6.39. The first-order chi connectivity index (χ1) is 23.3. The van der Waals surface area contributed by atoms with E-state index in [1.54, 1.807) is 0 Å². The van der Waals surface area contributed by atoms with E-state index in [1.165, 1.54) is 22.1 Å². The molecule has 0 aliphatic carbocycles. The van der Waals surface area contributed by atoms with Crippen molar-refractivity contribution >= 4 is 10.8 Å². The van der Waals surface area contributed by atoms with Crippen LogP contribution in [0.25, 0.3) is 78.3 Å². The number of rotatable bonds is 5. The van der Waals surface area contributed by atoms with Crippen LogP contribution in [0.3, 0.4) is 0 Å². The van der Waals surface area contributed by atoms with Crippen LogP contribution in [0, 0.1) is 0 Å². The van der Waals surface area contributed by atoms with E-state index in [-0.39, 0.29) is 0 Å². The third kappa shape index (κ3) is 4.84. The summed E-state index contributed by atoms with van der Waals surface area (Å²) in [5.41, 5.74) is 9.73. The highest BCUT2D eigenvalue weighted by molar-refractivity contribution is 6.10. The average molecular weight is 602 g/mol. The topological polar surface area (TPSA) is 47.9 Å². The van der Waals surface area contributed by atoms with Gasteiger partial charge in [-0.3, -0.25) is 0 Å². The lowest BCUT2D eigenvalue weighted by molar-refractivity contribution is 0.487. The second kappa shape index (κ2) is 11.2. The summed E-state index contributed by atoms with van der Waals surface area (Å²) in [6.45, 7) is 0. The number of nitrogens with zero attached hydrogens (tertiary/aromatic N) is 3. The molecule has 0 unspecified atom stereocenters. The van der Waals surface area contributed by atoms with Gasteiger partial charge in [-0.1, -0.05) is 146 Å². The van der Waals surface area contributed by atoms with Crippen molar-refractivity contribution in [2.75, 3.05) is 0 Å². The molecule has 0 N–H and O–H groups in total. The largest absolute Gasteiger partial charge is 0.456 e. The van der Waals surface area contributed by atoms with Gasteiger partial charge in [-0.15, -0.1) is 0 Å². The molecule has 1 aromatic heterocycles. The summed E-state index contributed by atoms with van der Waals surface area (Å²) in [4.78, 5) is 14.6. The Morgan fingerprint density at radius 3 is 1.45 bits per heavy atom. The highest BCUT2D eigenvalue weighted by Gasteiger charge is 2.22. The molecule has 4 nitrogen and oxygen atoms in total. The Morgan fingerprint density at radius 2 is 0.830 bits per heavy atom. The van der Waals surface area contributed by atoms with Gasteiger partial charge in [0.2, 0.25) is 0 Å². The third-order valence-electron chi connectivity index (χ3n) is 8.75. The molecule has 0 fully saturated rings. The van der Waals surface area contributed by atoms with Gasteiger partial charge >= 0.3 is 0 Å². The smallest absolute Gasteiger partial charge is 0.164 e. The van der Waals surface area contributed by atoms with E-state index in [9.17, 15) is 0 Å². The van der Waals surface area contributed by atoms with E-state index in [2.05, 4.69) is 103 Å². The summed E-state index contributed by atoms with van der Waals surface area (Å²) >= 11 is 0. The van der Waals surface area contributed by atoms with Crippen LogP contribution in [0.4, 0.5) is 0 Å². The molecule has 7 aromatic carbocycles. The van der Waals surface area contributed by atoms with Crippen molar-refractivity contribution in [1.82, 2.24) is 15.0 Å². The molecule has 0 spiro atoms. The van der Waals surface area contributed by atoms with Crippen LogP contribution >= 0.6 is 0 Å². The van der Waals surface area contributed by atoms with E-state index >= 15 is 0 Å². The Kier molecular flexibility index (Phi) is 6.43. The number of hydrogen-bond donors (Lipinski definition) is 0. The molecule has 4 heteroatoms. The summed E-state index contributed by atoms with van der Waals surface area (Å²) in [7, 11) is 0. The molecule has 0 amide bonds. The van der Waals surface area contributed by atoms with Gasteiger partial charge in [0.15, 0.2) is 17.5 Å². The maximum atomic E-state index is 6.48. The van der Waals surface area contributed by atoms with E-state index in [1.807, 2.05) is 60.7 Å². The lowest BCUT2D eigenvalue weighted by atomic mass is 9.89. The van der Waals surface area contributed by atoms with Gasteiger partial charge in [-0.05, 0) is 51.4 Å². The van der Waals surface area contributed by atoms with Gasteiger partial charge in [0.05, 0.1) is 0 Å². The first-order valence-electron chi connectivity index (χ1n) is 15.7. The number of hydrogen-bond acceptors (Lipinski definition) is 4. The van der Waals surface area contributed by atoms with Crippen LogP contribution in [0.15, 0.2) is 164 Å². The van der Waals surface area contributed by atoms with Crippen LogP contribution in [-0.2, 0) is 0 Å². The molecule has 0 bridgehead atoms. The molecule has 1 aliphatic heterocycles. The molecule has 1 aliphatic rings. The second-order valence-corrected chi connectivity index (χ2v) is 11.6. The van der Waals surface area contributed by atoms with Crippen molar-refractivity contribution in [3.05, 3.63) is 164 Å². The summed E-state index contributed by atoms with van der Waals surface area (Å²) in [5, 5.41) is 2.33. The van der Waals surface area contributed by atoms with Gasteiger partial charge in [0.1, 0.15) is 11.5 Å². The van der Waals surface area contributed by atoms with E-state index in [0.29, 0.717) is 17.5 Å². The highest BCUT2D eigenvalue weighted by atomic mass is 16.5. The Labute approximate surface area is 272 Å². The Bertz CT molecular complexity index is 2350. The van der Waals surface area contributed by atoms with Crippen LogP contribution in [0.2, 0.25) is 0 Å². The lowest BCUT2D eigenvalue weighted by Crippen LogP contribution is -2.00. The number of benzene rings is 7. The Morgan fingerprint density at radius 1 is 0.319 bits per heavy atom. The maximum Gasteiger partial charge on any atom is 0.164 e. The standard InChI is InChI=1S/C43H27N3O/c1-4-11-29(12-5-1)34-24-26-39-40-35(34)17-10-18-36(40)37-27-33(23-25-38(37)47-39)28-19-21-32(22-20-28)43-45-41(30-13-6-2-7-14-30)44-42(46-43)31-15-8-3-9-16-31/h1-27H. The molecule has 47 heavy (non-hydrogen) atoms. The SMILES string of the molecule is c1ccc(-c2nc(-c3ccccc3)nc(-c3ccc(-c4ccc5c(c4)-c4cccc6c(-c7ccccc7)ccc(c46)O5)cc3)n2)cc1. The molecule has 0 atom stereocenters. The Balaban J connectivity index is 1.10. The van der Waals surface area contributed by atoms with Crippen molar-refractivity contribution in [1.29, 1.82) is 0 Å². The van der Waals surface area contributed by atoms with Crippen LogP contribution in [-0.4, -0.2) is 15.0 Å². The molecule has 9 rings (SSSR count). The minimum atomic E-state index is 0.639. The molecule has 2 heterocycles. The van der Waals surface area contributed by atoms with E-state index < -0.39 is 0 Å². The predicted octanol–water partition coefficient (Wildman–Crippen LogP) is 11.1. The van der Waals surface area contributed by atoms with Crippen LogP contribution in [0.1, 0.15) is 0 Å². The minimum Gasteiger partial charge on any atom is -0.456 e. The summed E-state index contributed by atoms with van der Waals surface area (Å²) in [5.74, 6) is 3.70. The molecular weight excluding hydrogens is 574 g/mol. The molecule has 0 radical (unpaired) electrons.